The number of ether oxygens (including phenoxy) is 1. The summed E-state index contributed by atoms with van der Waals surface area (Å²) < 4.78 is 11.2. The molecule has 0 radical (unpaired) electrons. The first-order valence-corrected chi connectivity index (χ1v) is 7.42. The monoisotopic (exact) mass is 287 g/mol. The summed E-state index contributed by atoms with van der Waals surface area (Å²) >= 11 is 0. The van der Waals surface area contributed by atoms with Gasteiger partial charge in [-0.05, 0) is 20.8 Å². The molecule has 2 aromatic rings. The predicted molar refractivity (Wildman–Crippen MR) is 79.7 cm³/mol. The highest BCUT2D eigenvalue weighted by molar-refractivity contribution is 5.53. The fourth-order valence-corrected chi connectivity index (χ4v) is 2.80. The summed E-state index contributed by atoms with van der Waals surface area (Å²) in [6, 6.07) is 9.99. The number of benzene rings is 1. The van der Waals surface area contributed by atoms with Crippen molar-refractivity contribution in [2.75, 3.05) is 13.1 Å². The average molecular weight is 287 g/mol. The molecule has 1 fully saturated rings. The Morgan fingerprint density at radius 3 is 2.48 bits per heavy atom. The van der Waals surface area contributed by atoms with Gasteiger partial charge in [-0.25, -0.2) is 0 Å². The van der Waals surface area contributed by atoms with Crippen molar-refractivity contribution in [2.24, 2.45) is 0 Å². The van der Waals surface area contributed by atoms with Crippen LogP contribution < -0.4 is 0 Å². The second kappa shape index (κ2) is 5.95. The minimum atomic E-state index is 0.101. The molecule has 0 spiro atoms. The first-order chi connectivity index (χ1) is 10.1. The molecule has 1 aliphatic rings. The van der Waals surface area contributed by atoms with Crippen LogP contribution in [0.3, 0.4) is 0 Å². The predicted octanol–water partition coefficient (Wildman–Crippen LogP) is 2.91. The van der Waals surface area contributed by atoms with Gasteiger partial charge in [0.15, 0.2) is 0 Å². The maximum absolute atomic E-state index is 5.77. The lowest BCUT2D eigenvalue weighted by atomic mass is 10.1. The normalized spacial score (nSPS) is 24.9. The second-order valence-electron chi connectivity index (χ2n) is 5.71. The SMILES string of the molecule is CC1CN(C(C)c2nc(-c3ccccc3)no2)CC(C)O1. The van der Waals surface area contributed by atoms with Crippen LogP contribution in [0, 0.1) is 0 Å². The Kier molecular flexibility index (Phi) is 4.03. The van der Waals surface area contributed by atoms with Crippen molar-refractivity contribution in [2.45, 2.75) is 39.0 Å². The second-order valence-corrected chi connectivity index (χ2v) is 5.71. The van der Waals surface area contributed by atoms with E-state index >= 15 is 0 Å². The Morgan fingerprint density at radius 2 is 1.81 bits per heavy atom. The van der Waals surface area contributed by atoms with Crippen molar-refractivity contribution in [1.82, 2.24) is 15.0 Å². The van der Waals surface area contributed by atoms with Crippen molar-refractivity contribution in [3.05, 3.63) is 36.2 Å². The molecule has 0 amide bonds. The van der Waals surface area contributed by atoms with Crippen LogP contribution in [-0.2, 0) is 4.74 Å². The molecule has 0 N–H and O–H groups in total. The molecule has 3 atom stereocenters. The fourth-order valence-electron chi connectivity index (χ4n) is 2.80. The largest absolute Gasteiger partial charge is 0.373 e. The van der Waals surface area contributed by atoms with Gasteiger partial charge in [0.25, 0.3) is 0 Å². The van der Waals surface area contributed by atoms with Gasteiger partial charge in [0, 0.05) is 18.7 Å². The number of nitrogens with zero attached hydrogens (tertiary/aromatic N) is 3. The van der Waals surface area contributed by atoms with E-state index < -0.39 is 0 Å². The van der Waals surface area contributed by atoms with Gasteiger partial charge < -0.3 is 9.26 Å². The van der Waals surface area contributed by atoms with Crippen molar-refractivity contribution in [3.8, 4) is 11.4 Å². The summed E-state index contributed by atoms with van der Waals surface area (Å²) in [4.78, 5) is 6.88. The molecule has 0 bridgehead atoms. The van der Waals surface area contributed by atoms with Crippen molar-refractivity contribution in [3.63, 3.8) is 0 Å². The Morgan fingerprint density at radius 1 is 1.14 bits per heavy atom. The molecule has 1 aromatic carbocycles. The van der Waals surface area contributed by atoms with Gasteiger partial charge in [0.2, 0.25) is 11.7 Å². The van der Waals surface area contributed by atoms with Gasteiger partial charge in [-0.15, -0.1) is 0 Å². The zero-order valence-corrected chi connectivity index (χ0v) is 12.7. The van der Waals surface area contributed by atoms with E-state index in [4.69, 9.17) is 9.26 Å². The van der Waals surface area contributed by atoms with Gasteiger partial charge in [-0.3, -0.25) is 4.90 Å². The van der Waals surface area contributed by atoms with Crippen LogP contribution in [0.2, 0.25) is 0 Å². The highest BCUT2D eigenvalue weighted by Gasteiger charge is 2.29. The summed E-state index contributed by atoms with van der Waals surface area (Å²) in [5, 5.41) is 4.10. The van der Waals surface area contributed by atoms with E-state index in [9.17, 15) is 0 Å². The van der Waals surface area contributed by atoms with Crippen molar-refractivity contribution < 1.29 is 9.26 Å². The van der Waals surface area contributed by atoms with Crippen molar-refractivity contribution in [1.29, 1.82) is 0 Å². The van der Waals surface area contributed by atoms with E-state index in [1.165, 1.54) is 0 Å². The highest BCUT2D eigenvalue weighted by atomic mass is 16.5. The first-order valence-electron chi connectivity index (χ1n) is 7.42. The lowest BCUT2D eigenvalue weighted by Gasteiger charge is -2.37. The average Bonchev–Trinajstić information content (AvgIpc) is 2.96. The minimum Gasteiger partial charge on any atom is -0.373 e. The zero-order chi connectivity index (χ0) is 14.8. The van der Waals surface area contributed by atoms with Gasteiger partial charge in [-0.2, -0.15) is 4.98 Å². The lowest BCUT2D eigenvalue weighted by Crippen LogP contribution is -2.46. The van der Waals surface area contributed by atoms with Crippen LogP contribution in [0.25, 0.3) is 11.4 Å². The molecule has 3 rings (SSSR count). The first kappa shape index (κ1) is 14.2. The van der Waals surface area contributed by atoms with E-state index in [0.29, 0.717) is 11.7 Å². The summed E-state index contributed by atoms with van der Waals surface area (Å²) in [5.41, 5.74) is 0.975. The maximum Gasteiger partial charge on any atom is 0.244 e. The summed E-state index contributed by atoms with van der Waals surface area (Å²) in [6.07, 6.45) is 0.459. The van der Waals surface area contributed by atoms with E-state index in [1.54, 1.807) is 0 Å². The Labute approximate surface area is 124 Å². The maximum atomic E-state index is 5.77. The zero-order valence-electron chi connectivity index (χ0n) is 12.7. The molecule has 5 heteroatoms. The number of hydrogen-bond acceptors (Lipinski definition) is 5. The molecule has 21 heavy (non-hydrogen) atoms. The van der Waals surface area contributed by atoms with Crippen LogP contribution >= 0.6 is 0 Å². The summed E-state index contributed by atoms with van der Waals surface area (Å²) in [7, 11) is 0. The Bertz CT molecular complexity index is 574. The van der Waals surface area contributed by atoms with E-state index in [0.717, 1.165) is 18.7 Å². The van der Waals surface area contributed by atoms with Gasteiger partial charge in [0.05, 0.1) is 18.2 Å². The van der Waals surface area contributed by atoms with Gasteiger partial charge in [-0.1, -0.05) is 35.5 Å². The third-order valence-electron chi connectivity index (χ3n) is 3.83. The van der Waals surface area contributed by atoms with Crippen molar-refractivity contribution >= 4 is 0 Å². The van der Waals surface area contributed by atoms with E-state index in [1.807, 2.05) is 30.3 Å². The summed E-state index contributed by atoms with van der Waals surface area (Å²) in [6.45, 7) is 8.06. The van der Waals surface area contributed by atoms with Crippen LogP contribution in [0.15, 0.2) is 34.9 Å². The fraction of sp³-hybridized carbons (Fsp3) is 0.500. The molecule has 5 nitrogen and oxygen atoms in total. The molecular formula is C16H21N3O2. The van der Waals surface area contributed by atoms with Crippen LogP contribution in [0.4, 0.5) is 0 Å². The van der Waals surface area contributed by atoms with Crippen LogP contribution in [0.5, 0.6) is 0 Å². The molecule has 112 valence electrons. The van der Waals surface area contributed by atoms with E-state index in [-0.39, 0.29) is 18.2 Å². The Hall–Kier alpha value is -1.72. The Balaban J connectivity index is 1.76. The molecule has 1 aliphatic heterocycles. The van der Waals surface area contributed by atoms with E-state index in [2.05, 4.69) is 35.8 Å². The van der Waals surface area contributed by atoms with Gasteiger partial charge in [0.1, 0.15) is 0 Å². The molecule has 0 saturated carbocycles. The number of hydrogen-bond donors (Lipinski definition) is 0. The molecular weight excluding hydrogens is 266 g/mol. The molecule has 3 unspecified atom stereocenters. The van der Waals surface area contributed by atoms with Crippen LogP contribution in [-0.4, -0.2) is 40.3 Å². The number of aromatic nitrogens is 2. The third kappa shape index (κ3) is 3.14. The van der Waals surface area contributed by atoms with Gasteiger partial charge >= 0.3 is 0 Å². The smallest absolute Gasteiger partial charge is 0.244 e. The number of rotatable bonds is 3. The quantitative estimate of drug-likeness (QED) is 0.868. The third-order valence-corrected chi connectivity index (χ3v) is 3.83. The lowest BCUT2D eigenvalue weighted by molar-refractivity contribution is -0.0818. The topological polar surface area (TPSA) is 51.4 Å². The minimum absolute atomic E-state index is 0.101. The van der Waals surface area contributed by atoms with Crippen LogP contribution in [0.1, 0.15) is 32.7 Å². The molecule has 0 aliphatic carbocycles. The molecule has 1 aromatic heterocycles. The molecule has 2 heterocycles. The number of morpholine rings is 1. The highest BCUT2D eigenvalue weighted by Crippen LogP contribution is 2.25. The summed E-state index contributed by atoms with van der Waals surface area (Å²) in [5.74, 6) is 1.31. The molecule has 1 saturated heterocycles. The standard InChI is InChI=1S/C16H21N3O2/c1-11-9-19(10-12(2)20-11)13(3)16-17-15(18-21-16)14-7-5-4-6-8-14/h4-8,11-13H,9-10H2,1-3H3.